The molecule has 3 nitrogen and oxygen atoms in total. The number of hydrogen-bond acceptors (Lipinski definition) is 4. The van der Waals surface area contributed by atoms with E-state index >= 15 is 0 Å². The molecule has 0 saturated carbocycles. The summed E-state index contributed by atoms with van der Waals surface area (Å²) in [7, 11) is 0. The average Bonchev–Trinajstić information content (AvgIpc) is 3.06. The zero-order chi connectivity index (χ0) is 15.4. The van der Waals surface area contributed by atoms with Crippen LogP contribution in [0.1, 0.15) is 34.6 Å². The molecule has 5 heteroatoms. The number of halogens is 1. The van der Waals surface area contributed by atoms with Gasteiger partial charge in [-0.25, -0.2) is 0 Å². The molecular weight excluding hydrogens is 308 g/mol. The largest absolute Gasteiger partial charge is 0.384 e. The normalized spacial score (nSPS) is 18.6. The molecule has 0 aromatic carbocycles. The molecule has 1 N–H and O–H groups in total. The summed E-state index contributed by atoms with van der Waals surface area (Å²) in [5.74, 6) is 0. The number of hydrogen-bond donors (Lipinski definition) is 1. The lowest BCUT2D eigenvalue weighted by atomic mass is 10.0. The van der Waals surface area contributed by atoms with Gasteiger partial charge in [0, 0.05) is 9.91 Å². The maximum Gasteiger partial charge on any atom is 0.193 e. The van der Waals surface area contributed by atoms with E-state index in [0.717, 1.165) is 15.3 Å². The van der Waals surface area contributed by atoms with E-state index < -0.39 is 6.10 Å². The Morgan fingerprint density at radius 3 is 2.81 bits per heavy atom. The predicted octanol–water partition coefficient (Wildman–Crippen LogP) is 4.39. The summed E-state index contributed by atoms with van der Waals surface area (Å²) in [6.45, 7) is 8.95. The van der Waals surface area contributed by atoms with E-state index in [0.29, 0.717) is 23.8 Å². The van der Waals surface area contributed by atoms with Gasteiger partial charge in [0.15, 0.2) is 6.29 Å². The number of thiophene rings is 1. The lowest BCUT2D eigenvalue weighted by Crippen LogP contribution is -2.00. The fourth-order valence-electron chi connectivity index (χ4n) is 2.09. The average molecular weight is 327 g/mol. The van der Waals surface area contributed by atoms with Gasteiger partial charge in [-0.3, -0.25) is 0 Å². The molecule has 0 bridgehead atoms. The second-order valence-corrected chi connectivity index (χ2v) is 6.46. The zero-order valence-electron chi connectivity index (χ0n) is 12.1. The van der Waals surface area contributed by atoms with Crippen LogP contribution in [0.2, 0.25) is 0 Å². The molecule has 0 aliphatic carbocycles. The third-order valence-electron chi connectivity index (χ3n) is 3.12. The summed E-state index contributed by atoms with van der Waals surface area (Å²) >= 11 is 7.59. The van der Waals surface area contributed by atoms with E-state index in [-0.39, 0.29) is 6.29 Å². The Balaban J connectivity index is 2.17. The van der Waals surface area contributed by atoms with E-state index in [9.17, 15) is 5.11 Å². The van der Waals surface area contributed by atoms with E-state index in [1.165, 1.54) is 0 Å². The van der Waals surface area contributed by atoms with Gasteiger partial charge in [0.2, 0.25) is 0 Å². The third-order valence-corrected chi connectivity index (χ3v) is 4.45. The Bertz CT molecular complexity index is 568. The fourth-order valence-corrected chi connectivity index (χ4v) is 3.42. The third kappa shape index (κ3) is 4.05. The Hall–Kier alpha value is -0.910. The molecule has 1 aromatic rings. The fraction of sp³-hybridized carbons (Fsp3) is 0.375. The number of aliphatic hydroxyl groups excluding tert-OH is 1. The molecule has 1 aliphatic heterocycles. The molecule has 2 heterocycles. The van der Waals surface area contributed by atoms with Crippen LogP contribution in [-0.2, 0) is 9.47 Å². The first-order valence-electron chi connectivity index (χ1n) is 6.73. The van der Waals surface area contributed by atoms with Crippen molar-refractivity contribution in [3.63, 3.8) is 0 Å². The SMILES string of the molecule is C=C(/C=C(Cl)\C=C/C)C(O)c1cc(C2OCCO2)sc1C. The number of rotatable bonds is 5. The minimum atomic E-state index is -0.782. The molecule has 1 aliphatic rings. The van der Waals surface area contributed by atoms with Crippen molar-refractivity contribution < 1.29 is 14.6 Å². The van der Waals surface area contributed by atoms with Crippen molar-refractivity contribution in [2.24, 2.45) is 0 Å². The maximum absolute atomic E-state index is 10.4. The molecule has 1 fully saturated rings. The number of allylic oxidation sites excluding steroid dienone is 3. The van der Waals surface area contributed by atoms with Crippen LogP contribution in [0.5, 0.6) is 0 Å². The van der Waals surface area contributed by atoms with Gasteiger partial charge in [0.25, 0.3) is 0 Å². The maximum atomic E-state index is 10.4. The van der Waals surface area contributed by atoms with Gasteiger partial charge in [-0.2, -0.15) is 0 Å². The molecule has 21 heavy (non-hydrogen) atoms. The summed E-state index contributed by atoms with van der Waals surface area (Å²) in [6, 6.07) is 1.92. The highest BCUT2D eigenvalue weighted by molar-refractivity contribution is 7.12. The van der Waals surface area contributed by atoms with E-state index in [1.54, 1.807) is 23.5 Å². The molecule has 0 radical (unpaired) electrons. The lowest BCUT2D eigenvalue weighted by molar-refractivity contribution is -0.0414. The van der Waals surface area contributed by atoms with Crippen LogP contribution in [0, 0.1) is 6.92 Å². The number of aryl methyl sites for hydroxylation is 1. The summed E-state index contributed by atoms with van der Waals surface area (Å²) in [4.78, 5) is 1.99. The summed E-state index contributed by atoms with van der Waals surface area (Å²) in [5, 5.41) is 11.0. The van der Waals surface area contributed by atoms with E-state index in [2.05, 4.69) is 6.58 Å². The van der Waals surface area contributed by atoms with Crippen LogP contribution in [0.3, 0.4) is 0 Å². The monoisotopic (exact) mass is 326 g/mol. The van der Waals surface area contributed by atoms with Crippen LogP contribution in [0.15, 0.2) is 41.5 Å². The first-order valence-corrected chi connectivity index (χ1v) is 7.92. The van der Waals surface area contributed by atoms with E-state index in [1.807, 2.05) is 26.0 Å². The zero-order valence-corrected chi connectivity index (χ0v) is 13.7. The van der Waals surface area contributed by atoms with Crippen molar-refractivity contribution in [2.45, 2.75) is 26.2 Å². The predicted molar refractivity (Wildman–Crippen MR) is 86.6 cm³/mol. The Morgan fingerprint density at radius 2 is 2.19 bits per heavy atom. The molecule has 1 unspecified atom stereocenters. The van der Waals surface area contributed by atoms with Crippen molar-refractivity contribution in [1.29, 1.82) is 0 Å². The minimum absolute atomic E-state index is 0.315. The van der Waals surface area contributed by atoms with Gasteiger partial charge in [-0.1, -0.05) is 24.3 Å². The Morgan fingerprint density at radius 1 is 1.52 bits per heavy atom. The van der Waals surface area contributed by atoms with Crippen LogP contribution in [-0.4, -0.2) is 18.3 Å². The number of ether oxygens (including phenoxy) is 2. The molecule has 0 amide bonds. The number of aliphatic hydroxyl groups is 1. The first kappa shape index (κ1) is 16.5. The highest BCUT2D eigenvalue weighted by Crippen LogP contribution is 2.36. The van der Waals surface area contributed by atoms with Gasteiger partial charge in [0.05, 0.1) is 18.1 Å². The minimum Gasteiger partial charge on any atom is -0.384 e. The summed E-state index contributed by atoms with van der Waals surface area (Å²) < 4.78 is 11.0. The lowest BCUT2D eigenvalue weighted by Gasteiger charge is -2.11. The van der Waals surface area contributed by atoms with Crippen molar-refractivity contribution in [3.05, 3.63) is 56.8 Å². The van der Waals surface area contributed by atoms with Gasteiger partial charge in [-0.15, -0.1) is 11.3 Å². The topological polar surface area (TPSA) is 38.7 Å². The second kappa shape index (κ2) is 7.38. The standard InChI is InChI=1S/C16H19ClO3S/c1-4-5-12(17)8-10(2)15(18)13-9-14(21-11(13)3)16-19-6-7-20-16/h4-5,8-9,15-16,18H,2,6-7H2,1,3H3/b5-4-,12-8+. The molecule has 1 saturated heterocycles. The van der Waals surface area contributed by atoms with Crippen molar-refractivity contribution >= 4 is 22.9 Å². The highest BCUT2D eigenvalue weighted by Gasteiger charge is 2.24. The van der Waals surface area contributed by atoms with Crippen molar-refractivity contribution in [2.75, 3.05) is 13.2 Å². The van der Waals surface area contributed by atoms with Crippen molar-refractivity contribution in [3.8, 4) is 0 Å². The Kier molecular flexibility index (Phi) is 5.79. The Labute approximate surface area is 134 Å². The van der Waals surface area contributed by atoms with E-state index in [4.69, 9.17) is 21.1 Å². The highest BCUT2D eigenvalue weighted by atomic mass is 35.5. The van der Waals surface area contributed by atoms with Gasteiger partial charge < -0.3 is 14.6 Å². The van der Waals surface area contributed by atoms with Crippen LogP contribution in [0.25, 0.3) is 0 Å². The van der Waals surface area contributed by atoms with Crippen LogP contribution < -0.4 is 0 Å². The summed E-state index contributed by atoms with van der Waals surface area (Å²) in [5.41, 5.74) is 1.37. The second-order valence-electron chi connectivity index (χ2n) is 4.74. The van der Waals surface area contributed by atoms with Crippen molar-refractivity contribution in [1.82, 2.24) is 0 Å². The first-order chi connectivity index (χ1) is 10.0. The molecule has 1 aromatic heterocycles. The quantitative estimate of drug-likeness (QED) is 0.815. The van der Waals surface area contributed by atoms with Crippen LogP contribution >= 0.6 is 22.9 Å². The van der Waals surface area contributed by atoms with Crippen LogP contribution in [0.4, 0.5) is 0 Å². The molecule has 1 atom stereocenters. The molecular formula is C16H19ClO3S. The van der Waals surface area contributed by atoms with Gasteiger partial charge in [0.1, 0.15) is 6.10 Å². The molecule has 2 rings (SSSR count). The molecule has 0 spiro atoms. The molecule has 114 valence electrons. The van der Waals surface area contributed by atoms with Gasteiger partial charge >= 0.3 is 0 Å². The summed E-state index contributed by atoms with van der Waals surface area (Å²) in [6.07, 6.45) is 4.17. The smallest absolute Gasteiger partial charge is 0.193 e. The van der Waals surface area contributed by atoms with Gasteiger partial charge in [-0.05, 0) is 43.2 Å².